The molecule has 0 bridgehead atoms. The second kappa shape index (κ2) is 12.9. The first-order valence-electron chi connectivity index (χ1n) is 14.4. The predicted octanol–water partition coefficient (Wildman–Crippen LogP) is 8.40. The highest BCUT2D eigenvalue weighted by atomic mass is 16.3. The van der Waals surface area contributed by atoms with Crippen molar-refractivity contribution >= 4 is 17.1 Å². The molecule has 3 unspecified atom stereocenters. The lowest BCUT2D eigenvalue weighted by Crippen LogP contribution is -2.19. The Morgan fingerprint density at radius 2 is 0.535 bits per heavy atom. The standard InChI is InChI=1S/C39H33NO3/c41-37(28-16-4-1-5-17-28)31-22-10-13-25-34(31)40(35-26-14-11-23-32(35)38(42)29-18-6-2-7-19-29)36-27-15-12-24-33(36)39(43)30-20-8-3-9-21-30/h1-27,37-39,41-43H. The second-order valence-corrected chi connectivity index (χ2v) is 10.5. The molecule has 0 aliphatic carbocycles. The van der Waals surface area contributed by atoms with Gasteiger partial charge in [-0.3, -0.25) is 0 Å². The molecule has 0 saturated carbocycles. The van der Waals surface area contributed by atoms with Crippen LogP contribution >= 0.6 is 0 Å². The van der Waals surface area contributed by atoms with E-state index in [2.05, 4.69) is 0 Å². The Morgan fingerprint density at radius 3 is 0.814 bits per heavy atom. The average molecular weight is 564 g/mol. The first-order valence-corrected chi connectivity index (χ1v) is 14.4. The lowest BCUT2D eigenvalue weighted by atomic mass is 9.94. The van der Waals surface area contributed by atoms with Crippen molar-refractivity contribution in [2.24, 2.45) is 0 Å². The molecule has 0 aromatic heterocycles. The van der Waals surface area contributed by atoms with Crippen LogP contribution in [0.1, 0.15) is 51.7 Å². The first-order chi connectivity index (χ1) is 21.1. The van der Waals surface area contributed by atoms with E-state index in [1.807, 2.05) is 169 Å². The van der Waals surface area contributed by atoms with Crippen molar-refractivity contribution in [3.8, 4) is 0 Å². The average Bonchev–Trinajstić information content (AvgIpc) is 3.09. The Morgan fingerprint density at radius 1 is 0.302 bits per heavy atom. The van der Waals surface area contributed by atoms with Crippen molar-refractivity contribution in [3.63, 3.8) is 0 Å². The number of rotatable bonds is 9. The molecule has 6 aromatic carbocycles. The molecule has 0 aliphatic rings. The van der Waals surface area contributed by atoms with Crippen molar-refractivity contribution in [2.45, 2.75) is 18.3 Å². The molecule has 0 heterocycles. The van der Waals surface area contributed by atoms with Crippen LogP contribution < -0.4 is 4.90 Å². The molecule has 0 aliphatic heterocycles. The van der Waals surface area contributed by atoms with E-state index in [1.165, 1.54) is 0 Å². The van der Waals surface area contributed by atoms with Crippen LogP contribution in [0.25, 0.3) is 0 Å². The van der Waals surface area contributed by atoms with Gasteiger partial charge in [-0.25, -0.2) is 0 Å². The summed E-state index contributed by atoms with van der Waals surface area (Å²) < 4.78 is 0. The minimum absolute atomic E-state index is 0.696. The Bertz CT molecular complexity index is 1560. The van der Waals surface area contributed by atoms with Crippen molar-refractivity contribution in [3.05, 3.63) is 197 Å². The highest BCUT2D eigenvalue weighted by Crippen LogP contribution is 2.46. The molecule has 0 saturated heterocycles. The van der Waals surface area contributed by atoms with Gasteiger partial charge in [0.05, 0.1) is 17.1 Å². The van der Waals surface area contributed by atoms with Crippen LogP contribution in [-0.4, -0.2) is 15.3 Å². The number of hydrogen-bond acceptors (Lipinski definition) is 4. The SMILES string of the molecule is OC(c1ccccc1)c1ccccc1N(c1ccccc1C(O)c1ccccc1)c1ccccc1C(O)c1ccccc1. The topological polar surface area (TPSA) is 63.9 Å². The fraction of sp³-hybridized carbons (Fsp3) is 0.0769. The summed E-state index contributed by atoms with van der Waals surface area (Å²) in [5.74, 6) is 0. The van der Waals surface area contributed by atoms with Crippen LogP contribution in [0.3, 0.4) is 0 Å². The summed E-state index contributed by atoms with van der Waals surface area (Å²) in [7, 11) is 0. The predicted molar refractivity (Wildman–Crippen MR) is 173 cm³/mol. The largest absolute Gasteiger partial charge is 0.384 e. The smallest absolute Gasteiger partial charge is 0.106 e. The summed E-state index contributed by atoms with van der Waals surface area (Å²) in [6.07, 6.45) is -2.72. The normalized spacial score (nSPS) is 13.2. The number of aliphatic hydroxyl groups excluding tert-OH is 3. The maximum absolute atomic E-state index is 11.7. The van der Waals surface area contributed by atoms with E-state index in [0.717, 1.165) is 33.8 Å². The van der Waals surface area contributed by atoms with Crippen LogP contribution in [-0.2, 0) is 0 Å². The zero-order valence-electron chi connectivity index (χ0n) is 23.6. The zero-order valence-corrected chi connectivity index (χ0v) is 23.6. The van der Waals surface area contributed by atoms with Gasteiger partial charge in [0.25, 0.3) is 0 Å². The number of anilines is 3. The molecular weight excluding hydrogens is 530 g/mol. The van der Waals surface area contributed by atoms with Crippen LogP contribution in [0.5, 0.6) is 0 Å². The molecule has 6 aromatic rings. The number of hydrogen-bond donors (Lipinski definition) is 3. The van der Waals surface area contributed by atoms with Gasteiger partial charge in [0.1, 0.15) is 18.3 Å². The van der Waals surface area contributed by atoms with Gasteiger partial charge in [-0.1, -0.05) is 146 Å². The molecular formula is C39H33NO3. The number of benzene rings is 6. The minimum atomic E-state index is -0.905. The molecule has 212 valence electrons. The summed E-state index contributed by atoms with van der Waals surface area (Å²) in [6, 6.07) is 52.0. The van der Waals surface area contributed by atoms with Gasteiger partial charge >= 0.3 is 0 Å². The summed E-state index contributed by atoms with van der Waals surface area (Å²) in [6.45, 7) is 0. The molecule has 0 radical (unpaired) electrons. The zero-order chi connectivity index (χ0) is 29.6. The van der Waals surface area contributed by atoms with Gasteiger partial charge in [-0.15, -0.1) is 0 Å². The molecule has 0 fully saturated rings. The fourth-order valence-corrected chi connectivity index (χ4v) is 5.60. The molecule has 0 spiro atoms. The monoisotopic (exact) mass is 563 g/mol. The third kappa shape index (κ3) is 5.85. The Hall–Kier alpha value is -5.00. The van der Waals surface area contributed by atoms with Crippen LogP contribution in [0.15, 0.2) is 164 Å². The van der Waals surface area contributed by atoms with E-state index in [-0.39, 0.29) is 0 Å². The maximum Gasteiger partial charge on any atom is 0.106 e. The quantitative estimate of drug-likeness (QED) is 0.165. The van der Waals surface area contributed by atoms with Crippen LogP contribution in [0.4, 0.5) is 17.1 Å². The van der Waals surface area contributed by atoms with Gasteiger partial charge in [0, 0.05) is 16.7 Å². The van der Waals surface area contributed by atoms with Crippen molar-refractivity contribution in [1.29, 1.82) is 0 Å². The van der Waals surface area contributed by atoms with Gasteiger partial charge in [-0.05, 0) is 34.9 Å². The van der Waals surface area contributed by atoms with Gasteiger partial charge < -0.3 is 20.2 Å². The van der Waals surface area contributed by atoms with Crippen molar-refractivity contribution in [1.82, 2.24) is 0 Å². The highest BCUT2D eigenvalue weighted by molar-refractivity contribution is 5.83. The Labute approximate surface area is 252 Å². The van der Waals surface area contributed by atoms with E-state index in [9.17, 15) is 15.3 Å². The van der Waals surface area contributed by atoms with E-state index in [1.54, 1.807) is 0 Å². The van der Waals surface area contributed by atoms with E-state index in [4.69, 9.17) is 0 Å². The summed E-state index contributed by atoms with van der Waals surface area (Å²) in [5.41, 5.74) is 6.60. The molecule has 43 heavy (non-hydrogen) atoms. The van der Waals surface area contributed by atoms with E-state index in [0.29, 0.717) is 16.7 Å². The third-order valence-electron chi connectivity index (χ3n) is 7.76. The fourth-order valence-electron chi connectivity index (χ4n) is 5.60. The van der Waals surface area contributed by atoms with Crippen molar-refractivity contribution in [2.75, 3.05) is 4.90 Å². The summed E-state index contributed by atoms with van der Waals surface area (Å²) >= 11 is 0. The van der Waals surface area contributed by atoms with Gasteiger partial charge in [-0.2, -0.15) is 0 Å². The molecule has 4 heteroatoms. The maximum atomic E-state index is 11.7. The third-order valence-corrected chi connectivity index (χ3v) is 7.76. The summed E-state index contributed by atoms with van der Waals surface area (Å²) in [4.78, 5) is 2.05. The van der Waals surface area contributed by atoms with E-state index < -0.39 is 18.3 Å². The molecule has 3 N–H and O–H groups in total. The van der Waals surface area contributed by atoms with Crippen molar-refractivity contribution < 1.29 is 15.3 Å². The lowest BCUT2D eigenvalue weighted by molar-refractivity contribution is 0.219. The lowest BCUT2D eigenvalue weighted by Gasteiger charge is -2.33. The second-order valence-electron chi connectivity index (χ2n) is 10.5. The molecule has 3 atom stereocenters. The number of aliphatic hydroxyl groups is 3. The number of nitrogens with zero attached hydrogens (tertiary/aromatic N) is 1. The number of para-hydroxylation sites is 3. The molecule has 4 nitrogen and oxygen atoms in total. The van der Waals surface area contributed by atoms with Gasteiger partial charge in [0.2, 0.25) is 0 Å². The minimum Gasteiger partial charge on any atom is -0.384 e. The van der Waals surface area contributed by atoms with E-state index >= 15 is 0 Å². The van der Waals surface area contributed by atoms with Crippen LogP contribution in [0, 0.1) is 0 Å². The Kier molecular flexibility index (Phi) is 8.43. The molecule has 6 rings (SSSR count). The highest BCUT2D eigenvalue weighted by Gasteiger charge is 2.28. The van der Waals surface area contributed by atoms with Crippen LogP contribution in [0.2, 0.25) is 0 Å². The summed E-state index contributed by atoms with van der Waals surface area (Å²) in [5, 5.41) is 35.1. The first kappa shape index (κ1) is 28.1. The molecule has 0 amide bonds. The van der Waals surface area contributed by atoms with Gasteiger partial charge in [0.15, 0.2) is 0 Å². The Balaban J connectivity index is 1.59.